The summed E-state index contributed by atoms with van der Waals surface area (Å²) < 4.78 is 4.70. The number of carbonyl (C=O) groups excluding carboxylic acids is 1. The van der Waals surface area contributed by atoms with Crippen LogP contribution in [0.4, 0.5) is 0 Å². The molecule has 70 valence electrons. The van der Waals surface area contributed by atoms with E-state index in [9.17, 15) is 15.0 Å². The number of phenols is 2. The molecule has 0 spiro atoms. The summed E-state index contributed by atoms with van der Waals surface area (Å²) in [5.41, 5.74) is 0.0637. The molecule has 0 unspecified atom stereocenters. The van der Waals surface area contributed by atoms with Crippen LogP contribution in [0.2, 0.25) is 5.02 Å². The van der Waals surface area contributed by atoms with Crippen molar-refractivity contribution in [3.8, 4) is 17.2 Å². The van der Waals surface area contributed by atoms with Crippen LogP contribution in [-0.2, 0) is 0 Å². The van der Waals surface area contributed by atoms with Crippen molar-refractivity contribution >= 4 is 17.9 Å². The second-order valence-electron chi connectivity index (χ2n) is 2.30. The third-order valence-corrected chi connectivity index (χ3v) is 1.95. The Morgan fingerprint density at radius 3 is 2.54 bits per heavy atom. The van der Waals surface area contributed by atoms with E-state index in [1.165, 1.54) is 13.2 Å². The number of methoxy groups -OCH3 is 1. The average molecular weight is 203 g/mol. The van der Waals surface area contributed by atoms with Gasteiger partial charge in [0.15, 0.2) is 17.8 Å². The van der Waals surface area contributed by atoms with Gasteiger partial charge in [-0.2, -0.15) is 0 Å². The first-order valence-corrected chi connectivity index (χ1v) is 3.73. The first kappa shape index (κ1) is 9.67. The number of hydrogen-bond donors (Lipinski definition) is 2. The van der Waals surface area contributed by atoms with E-state index >= 15 is 0 Å². The van der Waals surface area contributed by atoms with E-state index in [0.29, 0.717) is 6.29 Å². The maximum absolute atomic E-state index is 10.4. The number of aldehydes is 1. The Morgan fingerprint density at radius 1 is 1.46 bits per heavy atom. The van der Waals surface area contributed by atoms with Crippen molar-refractivity contribution in [2.24, 2.45) is 0 Å². The van der Waals surface area contributed by atoms with Gasteiger partial charge in [0.25, 0.3) is 0 Å². The lowest BCUT2D eigenvalue weighted by Gasteiger charge is -2.07. The normalized spacial score (nSPS) is 9.69. The van der Waals surface area contributed by atoms with E-state index in [4.69, 9.17) is 16.3 Å². The molecule has 13 heavy (non-hydrogen) atoms. The smallest absolute Gasteiger partial charge is 0.202 e. The summed E-state index contributed by atoms with van der Waals surface area (Å²) in [6.45, 7) is 0. The Morgan fingerprint density at radius 2 is 2.08 bits per heavy atom. The number of ether oxygens (including phenoxy) is 1. The zero-order valence-electron chi connectivity index (χ0n) is 6.74. The molecular weight excluding hydrogens is 196 g/mol. The first-order chi connectivity index (χ1) is 6.11. The molecule has 1 aromatic carbocycles. The fourth-order valence-corrected chi connectivity index (χ4v) is 1.06. The van der Waals surface area contributed by atoms with E-state index < -0.39 is 11.5 Å². The summed E-state index contributed by atoms with van der Waals surface area (Å²) >= 11 is 5.53. The lowest BCUT2D eigenvalue weighted by Crippen LogP contribution is -1.89. The molecule has 2 N–H and O–H groups in total. The van der Waals surface area contributed by atoms with Gasteiger partial charge in [-0.15, -0.1) is 0 Å². The largest absolute Gasteiger partial charge is 0.503 e. The number of hydrogen-bond acceptors (Lipinski definition) is 4. The second kappa shape index (κ2) is 3.53. The fourth-order valence-electron chi connectivity index (χ4n) is 0.872. The highest BCUT2D eigenvalue weighted by atomic mass is 35.5. The maximum Gasteiger partial charge on any atom is 0.202 e. The van der Waals surface area contributed by atoms with Crippen molar-refractivity contribution < 1.29 is 19.7 Å². The molecule has 0 aromatic heterocycles. The van der Waals surface area contributed by atoms with Crippen LogP contribution in [-0.4, -0.2) is 23.6 Å². The molecule has 1 rings (SSSR count). The van der Waals surface area contributed by atoms with E-state index in [-0.39, 0.29) is 16.3 Å². The van der Waals surface area contributed by atoms with Crippen LogP contribution in [0, 0.1) is 0 Å². The molecule has 0 saturated carbocycles. The molecule has 0 fully saturated rings. The molecule has 4 nitrogen and oxygen atoms in total. The van der Waals surface area contributed by atoms with E-state index in [0.717, 1.165) is 0 Å². The summed E-state index contributed by atoms with van der Waals surface area (Å²) in [6.07, 6.45) is 0.462. The topological polar surface area (TPSA) is 66.8 Å². The predicted octanol–water partition coefficient (Wildman–Crippen LogP) is 1.57. The van der Waals surface area contributed by atoms with Gasteiger partial charge in [0.05, 0.1) is 12.1 Å². The Labute approximate surface area is 79.3 Å². The van der Waals surface area contributed by atoms with Gasteiger partial charge in [-0.25, -0.2) is 0 Å². The number of aromatic hydroxyl groups is 2. The van der Waals surface area contributed by atoms with Gasteiger partial charge in [-0.05, 0) is 6.07 Å². The monoisotopic (exact) mass is 202 g/mol. The van der Waals surface area contributed by atoms with Gasteiger partial charge < -0.3 is 14.9 Å². The highest BCUT2D eigenvalue weighted by molar-refractivity contribution is 6.34. The van der Waals surface area contributed by atoms with Crippen molar-refractivity contribution in [2.75, 3.05) is 7.11 Å². The third kappa shape index (κ3) is 1.53. The molecule has 0 heterocycles. The average Bonchev–Trinajstić information content (AvgIpc) is 2.15. The zero-order chi connectivity index (χ0) is 10.0. The summed E-state index contributed by atoms with van der Waals surface area (Å²) in [7, 11) is 1.30. The minimum Gasteiger partial charge on any atom is -0.503 e. The summed E-state index contributed by atoms with van der Waals surface area (Å²) in [6, 6.07) is 1.24. The third-order valence-electron chi connectivity index (χ3n) is 1.55. The van der Waals surface area contributed by atoms with Gasteiger partial charge in [0.2, 0.25) is 5.75 Å². The van der Waals surface area contributed by atoms with E-state index in [2.05, 4.69) is 0 Å². The number of carbonyl (C=O) groups is 1. The number of phenolic OH excluding ortho intramolecular Hbond substituents is 2. The van der Waals surface area contributed by atoms with Gasteiger partial charge in [0.1, 0.15) is 0 Å². The van der Waals surface area contributed by atoms with Gasteiger partial charge in [-0.1, -0.05) is 11.6 Å². The highest BCUT2D eigenvalue weighted by Gasteiger charge is 2.15. The molecule has 5 heteroatoms. The molecule has 0 atom stereocenters. The lowest BCUT2D eigenvalue weighted by atomic mass is 10.2. The Kier molecular flexibility index (Phi) is 2.63. The molecule has 0 radical (unpaired) electrons. The lowest BCUT2D eigenvalue weighted by molar-refractivity contribution is 0.112. The molecule has 0 aliphatic carbocycles. The fraction of sp³-hybridized carbons (Fsp3) is 0.125. The first-order valence-electron chi connectivity index (χ1n) is 3.35. The molecule has 0 saturated heterocycles. The molecule has 0 amide bonds. The molecule has 0 aliphatic heterocycles. The zero-order valence-corrected chi connectivity index (χ0v) is 7.50. The van der Waals surface area contributed by atoms with Crippen molar-refractivity contribution in [1.82, 2.24) is 0 Å². The van der Waals surface area contributed by atoms with Crippen LogP contribution < -0.4 is 4.74 Å². The summed E-state index contributed by atoms with van der Waals surface area (Å²) in [5.74, 6) is -1.02. The van der Waals surface area contributed by atoms with Crippen LogP contribution >= 0.6 is 11.6 Å². The van der Waals surface area contributed by atoms with Crippen LogP contribution in [0.15, 0.2) is 6.07 Å². The second-order valence-corrected chi connectivity index (χ2v) is 2.68. The summed E-state index contributed by atoms with van der Waals surface area (Å²) in [4.78, 5) is 10.4. The predicted molar refractivity (Wildman–Crippen MR) is 46.7 cm³/mol. The minimum atomic E-state index is -0.553. The van der Waals surface area contributed by atoms with Crippen LogP contribution in [0.5, 0.6) is 17.2 Å². The van der Waals surface area contributed by atoms with Crippen molar-refractivity contribution in [3.63, 3.8) is 0 Å². The standard InChI is InChI=1S/C8H7ClO4/c1-13-5-2-4(3-10)6(9)8(12)7(5)11/h2-3,11-12H,1H3. The highest BCUT2D eigenvalue weighted by Crippen LogP contribution is 2.42. The quantitative estimate of drug-likeness (QED) is 0.564. The van der Waals surface area contributed by atoms with Crippen molar-refractivity contribution in [3.05, 3.63) is 16.7 Å². The molecule has 0 aliphatic rings. The number of halogens is 1. The molecular formula is C8H7ClO4. The van der Waals surface area contributed by atoms with E-state index in [1.807, 2.05) is 0 Å². The number of benzene rings is 1. The molecule has 1 aromatic rings. The number of rotatable bonds is 2. The Bertz CT molecular complexity index is 348. The van der Waals surface area contributed by atoms with Gasteiger partial charge in [0, 0.05) is 5.56 Å². The van der Waals surface area contributed by atoms with Crippen LogP contribution in [0.3, 0.4) is 0 Å². The van der Waals surface area contributed by atoms with Gasteiger partial charge in [-0.3, -0.25) is 4.79 Å². The Hall–Kier alpha value is -1.42. The molecule has 0 bridgehead atoms. The van der Waals surface area contributed by atoms with Crippen molar-refractivity contribution in [1.29, 1.82) is 0 Å². The van der Waals surface area contributed by atoms with Crippen LogP contribution in [0.1, 0.15) is 10.4 Å². The minimum absolute atomic E-state index is 0.00370. The van der Waals surface area contributed by atoms with E-state index in [1.54, 1.807) is 0 Å². The maximum atomic E-state index is 10.4. The van der Waals surface area contributed by atoms with Crippen LogP contribution in [0.25, 0.3) is 0 Å². The summed E-state index contributed by atoms with van der Waals surface area (Å²) in [5, 5.41) is 18.2. The van der Waals surface area contributed by atoms with Crippen molar-refractivity contribution in [2.45, 2.75) is 0 Å². The Balaban J connectivity index is 3.45. The SMILES string of the molecule is COc1cc(C=O)c(Cl)c(O)c1O. The van der Waals surface area contributed by atoms with Gasteiger partial charge >= 0.3 is 0 Å².